The Morgan fingerprint density at radius 3 is 2.50 bits per heavy atom. The first-order valence-corrected chi connectivity index (χ1v) is 6.16. The van der Waals surface area contributed by atoms with E-state index in [9.17, 15) is 9.59 Å². The Hall–Kier alpha value is -1.84. The fourth-order valence-electron chi connectivity index (χ4n) is 1.71. The van der Waals surface area contributed by atoms with Crippen molar-refractivity contribution < 1.29 is 14.3 Å². The van der Waals surface area contributed by atoms with E-state index >= 15 is 0 Å². The molecule has 0 atom stereocenters. The first kappa shape index (κ1) is 14.2. The van der Waals surface area contributed by atoms with E-state index in [2.05, 4.69) is 5.32 Å². The topological polar surface area (TPSA) is 55.4 Å². The second-order valence-electron chi connectivity index (χ2n) is 4.12. The fraction of sp³-hybridized carbons (Fsp3) is 0.429. The van der Waals surface area contributed by atoms with Crippen molar-refractivity contribution in [2.45, 2.75) is 33.6 Å². The van der Waals surface area contributed by atoms with Gasteiger partial charge in [0, 0.05) is 24.6 Å². The standard InChI is InChI=1S/C14H19NO3/c1-4-11(5-2)14(17)15-12-7-6-8-13(9-12)18-10(3)16/h6-9,11H,4-5H2,1-3H3,(H,15,17). The molecule has 18 heavy (non-hydrogen) atoms. The van der Waals surface area contributed by atoms with E-state index in [1.165, 1.54) is 6.92 Å². The van der Waals surface area contributed by atoms with Crippen LogP contribution in [-0.2, 0) is 9.59 Å². The fourth-order valence-corrected chi connectivity index (χ4v) is 1.71. The zero-order chi connectivity index (χ0) is 13.5. The summed E-state index contributed by atoms with van der Waals surface area (Å²) in [4.78, 5) is 22.7. The van der Waals surface area contributed by atoms with Crippen LogP contribution < -0.4 is 10.1 Å². The minimum atomic E-state index is -0.376. The normalized spacial score (nSPS) is 10.2. The van der Waals surface area contributed by atoms with Crippen molar-refractivity contribution in [2.24, 2.45) is 5.92 Å². The van der Waals surface area contributed by atoms with Gasteiger partial charge in [-0.2, -0.15) is 0 Å². The molecule has 0 bridgehead atoms. The molecule has 4 nitrogen and oxygen atoms in total. The van der Waals surface area contributed by atoms with Crippen molar-refractivity contribution in [2.75, 3.05) is 5.32 Å². The predicted molar refractivity (Wildman–Crippen MR) is 70.5 cm³/mol. The van der Waals surface area contributed by atoms with E-state index < -0.39 is 0 Å². The molecule has 0 aliphatic carbocycles. The molecule has 0 radical (unpaired) electrons. The molecule has 1 aromatic carbocycles. The van der Waals surface area contributed by atoms with Gasteiger partial charge in [-0.1, -0.05) is 19.9 Å². The molecule has 1 rings (SSSR count). The molecule has 0 saturated heterocycles. The summed E-state index contributed by atoms with van der Waals surface area (Å²) < 4.78 is 4.96. The van der Waals surface area contributed by atoms with Crippen LogP contribution in [0.3, 0.4) is 0 Å². The van der Waals surface area contributed by atoms with Crippen LogP contribution in [0.1, 0.15) is 33.6 Å². The highest BCUT2D eigenvalue weighted by atomic mass is 16.5. The molecule has 0 unspecified atom stereocenters. The van der Waals surface area contributed by atoms with Crippen molar-refractivity contribution >= 4 is 17.6 Å². The van der Waals surface area contributed by atoms with E-state index in [0.717, 1.165) is 12.8 Å². The Morgan fingerprint density at radius 2 is 1.94 bits per heavy atom. The number of esters is 1. The van der Waals surface area contributed by atoms with Crippen LogP contribution in [0, 0.1) is 5.92 Å². The van der Waals surface area contributed by atoms with Gasteiger partial charge in [-0.15, -0.1) is 0 Å². The monoisotopic (exact) mass is 249 g/mol. The second kappa shape index (κ2) is 6.79. The van der Waals surface area contributed by atoms with Gasteiger partial charge < -0.3 is 10.1 Å². The maximum atomic E-state index is 11.9. The maximum absolute atomic E-state index is 11.9. The number of anilines is 1. The van der Waals surface area contributed by atoms with Gasteiger partial charge in [0.1, 0.15) is 5.75 Å². The van der Waals surface area contributed by atoms with E-state index in [4.69, 9.17) is 4.74 Å². The Morgan fingerprint density at radius 1 is 1.28 bits per heavy atom. The lowest BCUT2D eigenvalue weighted by atomic mass is 10.0. The van der Waals surface area contributed by atoms with Crippen LogP contribution >= 0.6 is 0 Å². The van der Waals surface area contributed by atoms with Gasteiger partial charge in [0.05, 0.1) is 0 Å². The molecule has 0 fully saturated rings. The van der Waals surface area contributed by atoms with Crippen molar-refractivity contribution in [3.05, 3.63) is 24.3 Å². The highest BCUT2D eigenvalue weighted by molar-refractivity contribution is 5.92. The molecule has 1 aromatic rings. The minimum Gasteiger partial charge on any atom is -0.427 e. The first-order chi connectivity index (χ1) is 8.56. The number of nitrogens with one attached hydrogen (secondary N) is 1. The average molecular weight is 249 g/mol. The van der Waals surface area contributed by atoms with Crippen molar-refractivity contribution in [3.63, 3.8) is 0 Å². The van der Waals surface area contributed by atoms with Crippen molar-refractivity contribution in [1.29, 1.82) is 0 Å². The van der Waals surface area contributed by atoms with Crippen LogP contribution in [0.25, 0.3) is 0 Å². The van der Waals surface area contributed by atoms with Crippen LogP contribution in [0.2, 0.25) is 0 Å². The van der Waals surface area contributed by atoms with E-state index in [0.29, 0.717) is 11.4 Å². The molecule has 0 aliphatic heterocycles. The lowest BCUT2D eigenvalue weighted by molar-refractivity contribution is -0.131. The Kier molecular flexibility index (Phi) is 5.36. The average Bonchev–Trinajstić information content (AvgIpc) is 2.30. The molecule has 0 spiro atoms. The molecule has 98 valence electrons. The third-order valence-corrected chi connectivity index (χ3v) is 2.72. The Bertz CT molecular complexity index is 425. The summed E-state index contributed by atoms with van der Waals surface area (Å²) in [6, 6.07) is 6.82. The number of hydrogen-bond acceptors (Lipinski definition) is 3. The third kappa shape index (κ3) is 4.20. The van der Waals surface area contributed by atoms with Crippen LogP contribution in [-0.4, -0.2) is 11.9 Å². The van der Waals surface area contributed by atoms with E-state index in [1.54, 1.807) is 24.3 Å². The molecular formula is C14H19NO3. The summed E-state index contributed by atoms with van der Waals surface area (Å²) in [6.07, 6.45) is 1.62. The first-order valence-electron chi connectivity index (χ1n) is 6.16. The van der Waals surface area contributed by atoms with Crippen molar-refractivity contribution in [1.82, 2.24) is 0 Å². The molecule has 4 heteroatoms. The van der Waals surface area contributed by atoms with Gasteiger partial charge in [-0.3, -0.25) is 9.59 Å². The van der Waals surface area contributed by atoms with Crippen LogP contribution in [0.15, 0.2) is 24.3 Å². The van der Waals surface area contributed by atoms with Crippen LogP contribution in [0.5, 0.6) is 5.75 Å². The van der Waals surface area contributed by atoms with Gasteiger partial charge in [0.15, 0.2) is 0 Å². The number of benzene rings is 1. The summed E-state index contributed by atoms with van der Waals surface area (Å²) in [5.41, 5.74) is 0.644. The number of ether oxygens (including phenoxy) is 1. The summed E-state index contributed by atoms with van der Waals surface area (Å²) >= 11 is 0. The zero-order valence-corrected chi connectivity index (χ0v) is 11.0. The molecule has 1 amide bonds. The van der Waals surface area contributed by atoms with Gasteiger partial charge >= 0.3 is 5.97 Å². The maximum Gasteiger partial charge on any atom is 0.308 e. The summed E-state index contributed by atoms with van der Waals surface area (Å²) in [5.74, 6) is 0.0747. The number of carbonyl (C=O) groups excluding carboxylic acids is 2. The van der Waals surface area contributed by atoms with Gasteiger partial charge in [0.25, 0.3) is 0 Å². The number of hydrogen-bond donors (Lipinski definition) is 1. The summed E-state index contributed by atoms with van der Waals surface area (Å²) in [6.45, 7) is 5.32. The molecule has 0 aliphatic rings. The number of carbonyl (C=O) groups is 2. The van der Waals surface area contributed by atoms with E-state index in [1.807, 2.05) is 13.8 Å². The number of rotatable bonds is 5. The highest BCUT2D eigenvalue weighted by Crippen LogP contribution is 2.19. The zero-order valence-electron chi connectivity index (χ0n) is 11.0. The third-order valence-electron chi connectivity index (χ3n) is 2.72. The van der Waals surface area contributed by atoms with Gasteiger partial charge in [-0.05, 0) is 25.0 Å². The largest absolute Gasteiger partial charge is 0.427 e. The number of amides is 1. The predicted octanol–water partition coefficient (Wildman–Crippen LogP) is 2.99. The van der Waals surface area contributed by atoms with E-state index in [-0.39, 0.29) is 17.8 Å². The molecule has 1 N–H and O–H groups in total. The molecule has 0 saturated carbocycles. The van der Waals surface area contributed by atoms with Gasteiger partial charge in [0.2, 0.25) is 5.91 Å². The quantitative estimate of drug-likeness (QED) is 0.644. The SMILES string of the molecule is CCC(CC)C(=O)Nc1cccc(OC(C)=O)c1. The van der Waals surface area contributed by atoms with Crippen LogP contribution in [0.4, 0.5) is 5.69 Å². The lowest BCUT2D eigenvalue weighted by Gasteiger charge is -2.13. The Labute approximate surface area is 107 Å². The minimum absolute atomic E-state index is 0.0000231. The Balaban J connectivity index is 2.72. The molecule has 0 aromatic heterocycles. The summed E-state index contributed by atoms with van der Waals surface area (Å²) in [5, 5.41) is 2.83. The smallest absolute Gasteiger partial charge is 0.308 e. The lowest BCUT2D eigenvalue weighted by Crippen LogP contribution is -2.21. The molecular weight excluding hydrogens is 230 g/mol. The highest BCUT2D eigenvalue weighted by Gasteiger charge is 2.14. The van der Waals surface area contributed by atoms with Gasteiger partial charge in [-0.25, -0.2) is 0 Å². The second-order valence-corrected chi connectivity index (χ2v) is 4.12. The summed E-state index contributed by atoms with van der Waals surface area (Å²) in [7, 11) is 0. The molecule has 0 heterocycles. The van der Waals surface area contributed by atoms with Crippen molar-refractivity contribution in [3.8, 4) is 5.75 Å².